The second-order valence-corrected chi connectivity index (χ2v) is 11.5. The van der Waals surface area contributed by atoms with Gasteiger partial charge in [-0.25, -0.2) is 0 Å². The lowest BCUT2D eigenvalue weighted by Crippen LogP contribution is -2.22. The van der Waals surface area contributed by atoms with Crippen LogP contribution >= 0.6 is 0 Å². The van der Waals surface area contributed by atoms with Gasteiger partial charge in [0.25, 0.3) is 0 Å². The van der Waals surface area contributed by atoms with E-state index in [2.05, 4.69) is 143 Å². The first kappa shape index (κ1) is 24.9. The Bertz CT molecular complexity index is 1930. The standard InChI is InChI=1S/C40H34N2/c1-4-13-29(14-5-1)31-16-12-21-34(27-31)42-38-26-23-30-15-10-11-22-36(30)40(38)37-25-24-35(28-39(37)42)41(32-17-6-2-7-18-32)33-19-8-3-9-20-33/h1-2,4-6,8,10-17,19-22,24-25,27-28H,3,7,9,18,23,26H2. The van der Waals surface area contributed by atoms with Gasteiger partial charge in [-0.2, -0.15) is 0 Å². The van der Waals surface area contributed by atoms with Gasteiger partial charge in [0.05, 0.1) is 5.52 Å². The Morgan fingerprint density at radius 2 is 1.55 bits per heavy atom. The number of allylic oxidation sites excluding steroid dienone is 7. The van der Waals surface area contributed by atoms with Crippen LogP contribution in [-0.2, 0) is 12.8 Å². The SMILES string of the molecule is C1=CCCC(N(C2=CCCC=C2)c2ccc3c4c(n(-c5cccc(-c6ccccc6)c5)c3c2)CCc2ccccc2-4)=C1. The minimum atomic E-state index is 1.03. The second-order valence-electron chi connectivity index (χ2n) is 11.5. The number of anilines is 1. The molecule has 0 saturated heterocycles. The number of benzene rings is 4. The maximum atomic E-state index is 2.55. The highest BCUT2D eigenvalue weighted by atomic mass is 15.2. The number of hydrogen-bond acceptors (Lipinski definition) is 1. The van der Waals surface area contributed by atoms with Crippen molar-refractivity contribution < 1.29 is 0 Å². The zero-order valence-corrected chi connectivity index (χ0v) is 23.8. The topological polar surface area (TPSA) is 8.17 Å². The van der Waals surface area contributed by atoms with Gasteiger partial charge in [0.2, 0.25) is 0 Å². The summed E-state index contributed by atoms with van der Waals surface area (Å²) in [7, 11) is 0. The molecule has 4 aromatic carbocycles. The minimum Gasteiger partial charge on any atom is -0.314 e. The molecule has 5 aromatic rings. The van der Waals surface area contributed by atoms with E-state index in [-0.39, 0.29) is 0 Å². The summed E-state index contributed by atoms with van der Waals surface area (Å²) in [6.45, 7) is 0. The van der Waals surface area contributed by atoms with Crippen LogP contribution in [0.2, 0.25) is 0 Å². The predicted molar refractivity (Wildman–Crippen MR) is 177 cm³/mol. The lowest BCUT2D eigenvalue weighted by atomic mass is 9.88. The number of aromatic nitrogens is 1. The first-order chi connectivity index (χ1) is 20.8. The van der Waals surface area contributed by atoms with Crippen LogP contribution in [0.1, 0.15) is 36.9 Å². The van der Waals surface area contributed by atoms with E-state index in [9.17, 15) is 0 Å². The number of rotatable bonds is 5. The summed E-state index contributed by atoms with van der Waals surface area (Å²) >= 11 is 0. The molecule has 1 heterocycles. The molecule has 0 amide bonds. The maximum Gasteiger partial charge on any atom is 0.0558 e. The van der Waals surface area contributed by atoms with Crippen molar-refractivity contribution in [2.45, 2.75) is 38.5 Å². The lowest BCUT2D eigenvalue weighted by Gasteiger charge is -2.31. The first-order valence-corrected chi connectivity index (χ1v) is 15.3. The Hall–Kier alpha value is -4.82. The summed E-state index contributed by atoms with van der Waals surface area (Å²) in [6.07, 6.45) is 20.2. The Morgan fingerprint density at radius 3 is 2.40 bits per heavy atom. The molecule has 0 saturated carbocycles. The van der Waals surface area contributed by atoms with Crippen molar-refractivity contribution in [3.05, 3.63) is 156 Å². The van der Waals surface area contributed by atoms with E-state index >= 15 is 0 Å². The predicted octanol–water partition coefficient (Wildman–Crippen LogP) is 10.3. The molecule has 0 N–H and O–H groups in total. The van der Waals surface area contributed by atoms with Crippen molar-refractivity contribution >= 4 is 16.6 Å². The molecule has 8 rings (SSSR count). The average molecular weight is 543 g/mol. The molecule has 0 aliphatic heterocycles. The molecule has 0 bridgehead atoms. The third-order valence-corrected chi connectivity index (χ3v) is 8.95. The Labute approximate surface area is 248 Å². The van der Waals surface area contributed by atoms with Gasteiger partial charge < -0.3 is 9.47 Å². The van der Waals surface area contributed by atoms with Crippen LogP contribution in [0.5, 0.6) is 0 Å². The highest BCUT2D eigenvalue weighted by molar-refractivity contribution is 6.02. The number of nitrogens with zero attached hydrogens (tertiary/aromatic N) is 2. The van der Waals surface area contributed by atoms with Gasteiger partial charge in [0.1, 0.15) is 0 Å². The molecule has 0 fully saturated rings. The van der Waals surface area contributed by atoms with E-state index in [1.54, 1.807) is 0 Å². The molecule has 204 valence electrons. The molecule has 0 radical (unpaired) electrons. The number of hydrogen-bond donors (Lipinski definition) is 0. The molecular formula is C40H34N2. The van der Waals surface area contributed by atoms with Crippen molar-refractivity contribution in [2.24, 2.45) is 0 Å². The molecule has 0 atom stereocenters. The lowest BCUT2D eigenvalue weighted by molar-refractivity contribution is 0.865. The molecule has 0 spiro atoms. The van der Waals surface area contributed by atoms with Gasteiger partial charge in [0, 0.05) is 39.4 Å². The largest absolute Gasteiger partial charge is 0.314 e. The van der Waals surface area contributed by atoms with E-state index < -0.39 is 0 Å². The summed E-state index contributed by atoms with van der Waals surface area (Å²) < 4.78 is 2.55. The Morgan fingerprint density at radius 1 is 0.667 bits per heavy atom. The molecule has 2 nitrogen and oxygen atoms in total. The Balaban J connectivity index is 1.38. The fourth-order valence-electron chi connectivity index (χ4n) is 7.01. The normalized spacial score (nSPS) is 15.6. The summed E-state index contributed by atoms with van der Waals surface area (Å²) in [5.41, 5.74) is 14.5. The van der Waals surface area contributed by atoms with Crippen molar-refractivity contribution in [3.63, 3.8) is 0 Å². The highest BCUT2D eigenvalue weighted by Gasteiger charge is 2.26. The van der Waals surface area contributed by atoms with Gasteiger partial charge in [-0.05, 0) is 97.2 Å². The van der Waals surface area contributed by atoms with Gasteiger partial charge in [0.15, 0.2) is 0 Å². The zero-order valence-electron chi connectivity index (χ0n) is 23.8. The molecular weight excluding hydrogens is 508 g/mol. The van der Waals surface area contributed by atoms with Crippen molar-refractivity contribution in [2.75, 3.05) is 4.90 Å². The van der Waals surface area contributed by atoms with Crippen LogP contribution in [0.25, 0.3) is 38.8 Å². The van der Waals surface area contributed by atoms with Crippen LogP contribution in [0.4, 0.5) is 5.69 Å². The molecule has 1 aromatic heterocycles. The van der Waals surface area contributed by atoms with E-state index in [1.807, 2.05) is 0 Å². The molecule has 42 heavy (non-hydrogen) atoms. The summed E-state index contributed by atoms with van der Waals surface area (Å²) in [6, 6.07) is 35.9. The first-order valence-electron chi connectivity index (χ1n) is 15.3. The third-order valence-electron chi connectivity index (χ3n) is 8.95. The zero-order chi connectivity index (χ0) is 27.9. The van der Waals surface area contributed by atoms with Gasteiger partial charge in [-0.3, -0.25) is 0 Å². The maximum absolute atomic E-state index is 2.55. The van der Waals surface area contributed by atoms with Crippen LogP contribution in [0, 0.1) is 0 Å². The van der Waals surface area contributed by atoms with E-state index in [0.29, 0.717) is 0 Å². The highest BCUT2D eigenvalue weighted by Crippen LogP contribution is 2.44. The van der Waals surface area contributed by atoms with E-state index in [1.165, 1.54) is 67.2 Å². The number of fused-ring (bicyclic) bond motifs is 5. The average Bonchev–Trinajstić information content (AvgIpc) is 3.40. The Kier molecular flexibility index (Phi) is 6.26. The monoisotopic (exact) mass is 542 g/mol. The summed E-state index contributed by atoms with van der Waals surface area (Å²) in [5.74, 6) is 0. The van der Waals surface area contributed by atoms with E-state index in [4.69, 9.17) is 0 Å². The van der Waals surface area contributed by atoms with Crippen molar-refractivity contribution in [3.8, 4) is 27.9 Å². The van der Waals surface area contributed by atoms with Gasteiger partial charge in [-0.1, -0.05) is 97.1 Å². The minimum absolute atomic E-state index is 1.03. The van der Waals surface area contributed by atoms with Gasteiger partial charge >= 0.3 is 0 Å². The quantitative estimate of drug-likeness (QED) is 0.214. The second kappa shape index (κ2) is 10.5. The molecule has 3 aliphatic carbocycles. The van der Waals surface area contributed by atoms with Gasteiger partial charge in [-0.15, -0.1) is 0 Å². The smallest absolute Gasteiger partial charge is 0.0558 e. The van der Waals surface area contributed by atoms with Crippen LogP contribution < -0.4 is 4.90 Å². The van der Waals surface area contributed by atoms with Crippen LogP contribution in [-0.4, -0.2) is 4.57 Å². The molecule has 0 unspecified atom stereocenters. The van der Waals surface area contributed by atoms with Crippen LogP contribution in [0.15, 0.2) is 145 Å². The summed E-state index contributed by atoms with van der Waals surface area (Å²) in [4.78, 5) is 2.49. The van der Waals surface area contributed by atoms with Crippen LogP contribution in [0.3, 0.4) is 0 Å². The third kappa shape index (κ3) is 4.26. The van der Waals surface area contributed by atoms with Crippen molar-refractivity contribution in [1.82, 2.24) is 4.57 Å². The van der Waals surface area contributed by atoms with Crippen molar-refractivity contribution in [1.29, 1.82) is 0 Å². The molecule has 3 aliphatic rings. The van der Waals surface area contributed by atoms with E-state index in [0.717, 1.165) is 38.5 Å². The number of aryl methyl sites for hydroxylation is 1. The fourth-order valence-corrected chi connectivity index (χ4v) is 7.01. The summed E-state index contributed by atoms with van der Waals surface area (Å²) in [5, 5.41) is 1.33. The fraction of sp³-hybridized carbons (Fsp3) is 0.150. The molecule has 2 heteroatoms.